The van der Waals surface area contributed by atoms with E-state index < -0.39 is 0 Å². The Kier molecular flexibility index (Phi) is 7.13. The van der Waals surface area contributed by atoms with Crippen molar-refractivity contribution in [3.8, 4) is 0 Å². The highest BCUT2D eigenvalue weighted by Crippen LogP contribution is 2.28. The molecule has 1 saturated heterocycles. The lowest BCUT2D eigenvalue weighted by atomic mass is 10.0. The molecule has 1 aromatic heterocycles. The van der Waals surface area contributed by atoms with E-state index in [1.54, 1.807) is 6.20 Å². The third-order valence-corrected chi connectivity index (χ3v) is 5.86. The topological polar surface area (TPSA) is 50.2 Å². The summed E-state index contributed by atoms with van der Waals surface area (Å²) < 4.78 is 1.98. The number of nitrogens with zero attached hydrogens (tertiary/aromatic N) is 3. The summed E-state index contributed by atoms with van der Waals surface area (Å²) in [5, 5.41) is 8.21. The molecule has 1 N–H and O–H groups in total. The van der Waals surface area contributed by atoms with Crippen molar-refractivity contribution in [1.82, 2.24) is 20.0 Å². The highest BCUT2D eigenvalue weighted by Gasteiger charge is 2.28. The Hall–Kier alpha value is -1.85. The van der Waals surface area contributed by atoms with Crippen molar-refractivity contribution in [2.75, 3.05) is 19.6 Å². The number of aromatic nitrogens is 2. The van der Waals surface area contributed by atoms with Gasteiger partial charge in [0.25, 0.3) is 5.91 Å². The van der Waals surface area contributed by atoms with Crippen LogP contribution >= 0.6 is 12.4 Å². The van der Waals surface area contributed by atoms with Gasteiger partial charge in [-0.25, -0.2) is 0 Å². The first kappa shape index (κ1) is 20.9. The Morgan fingerprint density at radius 1 is 1.14 bits per heavy atom. The van der Waals surface area contributed by atoms with E-state index >= 15 is 0 Å². The van der Waals surface area contributed by atoms with Gasteiger partial charge < -0.3 is 10.2 Å². The van der Waals surface area contributed by atoms with Crippen molar-refractivity contribution in [2.45, 2.75) is 51.6 Å². The van der Waals surface area contributed by atoms with Gasteiger partial charge in [0.15, 0.2) is 0 Å². The Labute approximate surface area is 173 Å². The molecule has 2 fully saturated rings. The monoisotopic (exact) mass is 402 g/mol. The molecule has 2 aliphatic rings. The summed E-state index contributed by atoms with van der Waals surface area (Å²) in [6.07, 6.45) is 7.46. The fourth-order valence-electron chi connectivity index (χ4n) is 3.97. The van der Waals surface area contributed by atoms with E-state index in [2.05, 4.69) is 29.5 Å². The minimum absolute atomic E-state index is 0. The Balaban J connectivity index is 0.00000225. The molecule has 4 rings (SSSR count). The molecule has 0 unspecified atom stereocenters. The van der Waals surface area contributed by atoms with Gasteiger partial charge in [-0.3, -0.25) is 9.48 Å². The number of piperidine rings is 1. The summed E-state index contributed by atoms with van der Waals surface area (Å²) in [6.45, 7) is 5.65. The molecule has 1 aromatic carbocycles. The van der Waals surface area contributed by atoms with Crippen LogP contribution in [-0.4, -0.2) is 46.3 Å². The molecule has 5 nitrogen and oxygen atoms in total. The van der Waals surface area contributed by atoms with Crippen LogP contribution in [0.5, 0.6) is 0 Å². The predicted octanol–water partition coefficient (Wildman–Crippen LogP) is 3.52. The van der Waals surface area contributed by atoms with Gasteiger partial charge >= 0.3 is 0 Å². The van der Waals surface area contributed by atoms with E-state index in [0.29, 0.717) is 12.6 Å². The molecule has 0 atom stereocenters. The lowest BCUT2D eigenvalue weighted by molar-refractivity contribution is 0.0703. The van der Waals surface area contributed by atoms with Gasteiger partial charge in [-0.1, -0.05) is 37.3 Å². The number of rotatable bonds is 7. The van der Waals surface area contributed by atoms with Gasteiger partial charge in [-0.15, -0.1) is 12.4 Å². The summed E-state index contributed by atoms with van der Waals surface area (Å²) in [7, 11) is 0. The molecule has 0 spiro atoms. The number of hydrogen-bond donors (Lipinski definition) is 1. The average Bonchev–Trinajstić information content (AvgIpc) is 3.46. The largest absolute Gasteiger partial charge is 0.338 e. The van der Waals surface area contributed by atoms with Crippen LogP contribution in [0.1, 0.15) is 54.2 Å². The molecule has 1 amide bonds. The van der Waals surface area contributed by atoms with Crippen LogP contribution in [0.25, 0.3) is 0 Å². The van der Waals surface area contributed by atoms with Crippen molar-refractivity contribution in [2.24, 2.45) is 5.92 Å². The SMILES string of the molecule is CCc1c(C(=O)N2CCC(NCC3CC3)CC2)cnn1Cc1ccccc1.Cl. The molecule has 28 heavy (non-hydrogen) atoms. The van der Waals surface area contributed by atoms with Crippen molar-refractivity contribution in [1.29, 1.82) is 0 Å². The lowest BCUT2D eigenvalue weighted by Gasteiger charge is -2.32. The number of nitrogens with one attached hydrogen (secondary N) is 1. The maximum Gasteiger partial charge on any atom is 0.257 e. The molecule has 1 saturated carbocycles. The minimum atomic E-state index is 0. The summed E-state index contributed by atoms with van der Waals surface area (Å²) in [4.78, 5) is 15.1. The highest BCUT2D eigenvalue weighted by molar-refractivity contribution is 5.95. The van der Waals surface area contributed by atoms with Crippen LogP contribution < -0.4 is 5.32 Å². The van der Waals surface area contributed by atoms with Crippen LogP contribution in [0.2, 0.25) is 0 Å². The average molecular weight is 403 g/mol. The zero-order chi connectivity index (χ0) is 18.6. The molecule has 1 aliphatic heterocycles. The summed E-state index contributed by atoms with van der Waals surface area (Å²) in [6, 6.07) is 10.9. The summed E-state index contributed by atoms with van der Waals surface area (Å²) in [5.74, 6) is 1.05. The van der Waals surface area contributed by atoms with Crippen LogP contribution in [0, 0.1) is 5.92 Å². The third kappa shape index (κ3) is 4.95. The van der Waals surface area contributed by atoms with Crippen LogP contribution in [-0.2, 0) is 13.0 Å². The van der Waals surface area contributed by atoms with Gasteiger partial charge in [0.2, 0.25) is 0 Å². The molecular weight excluding hydrogens is 372 g/mol. The second-order valence-corrected chi connectivity index (χ2v) is 7.92. The van der Waals surface area contributed by atoms with E-state index in [9.17, 15) is 4.79 Å². The first-order chi connectivity index (χ1) is 13.2. The van der Waals surface area contributed by atoms with Gasteiger partial charge in [0, 0.05) is 19.1 Å². The van der Waals surface area contributed by atoms with Crippen molar-refractivity contribution >= 4 is 18.3 Å². The molecule has 2 heterocycles. The van der Waals surface area contributed by atoms with Crippen molar-refractivity contribution in [3.63, 3.8) is 0 Å². The number of benzene rings is 1. The van der Waals surface area contributed by atoms with Gasteiger partial charge in [0.1, 0.15) is 0 Å². The molecular formula is C22H31ClN4O. The zero-order valence-electron chi connectivity index (χ0n) is 16.6. The third-order valence-electron chi connectivity index (χ3n) is 5.86. The second kappa shape index (κ2) is 9.57. The standard InChI is InChI=1S/C22H30N4O.ClH/c1-2-21-20(15-24-26(21)16-18-6-4-3-5-7-18)22(27)25-12-10-19(11-13-25)23-14-17-8-9-17;/h3-7,15,17,19,23H,2,8-14,16H2,1H3;1H. The number of likely N-dealkylation sites (tertiary alicyclic amines) is 1. The Bertz CT molecular complexity index is 764. The van der Waals surface area contributed by atoms with Crippen LogP contribution in [0.15, 0.2) is 36.5 Å². The lowest BCUT2D eigenvalue weighted by Crippen LogP contribution is -2.45. The van der Waals surface area contributed by atoms with Crippen LogP contribution in [0.3, 0.4) is 0 Å². The zero-order valence-corrected chi connectivity index (χ0v) is 17.5. The molecule has 0 radical (unpaired) electrons. The number of hydrogen-bond acceptors (Lipinski definition) is 3. The quantitative estimate of drug-likeness (QED) is 0.770. The number of carbonyl (C=O) groups is 1. The predicted molar refractivity (Wildman–Crippen MR) is 114 cm³/mol. The van der Waals surface area contributed by atoms with Gasteiger partial charge in [0.05, 0.1) is 24.0 Å². The van der Waals surface area contributed by atoms with E-state index in [4.69, 9.17) is 0 Å². The Morgan fingerprint density at radius 3 is 2.50 bits per heavy atom. The van der Waals surface area contributed by atoms with Gasteiger partial charge in [-0.05, 0) is 50.1 Å². The van der Waals surface area contributed by atoms with E-state index in [1.807, 2.05) is 27.8 Å². The smallest absolute Gasteiger partial charge is 0.257 e. The van der Waals surface area contributed by atoms with E-state index in [-0.39, 0.29) is 18.3 Å². The highest BCUT2D eigenvalue weighted by atomic mass is 35.5. The second-order valence-electron chi connectivity index (χ2n) is 7.92. The summed E-state index contributed by atoms with van der Waals surface area (Å²) in [5.41, 5.74) is 3.02. The van der Waals surface area contributed by atoms with Crippen LogP contribution in [0.4, 0.5) is 0 Å². The fourth-order valence-corrected chi connectivity index (χ4v) is 3.97. The minimum Gasteiger partial charge on any atom is -0.338 e. The first-order valence-corrected chi connectivity index (χ1v) is 10.4. The first-order valence-electron chi connectivity index (χ1n) is 10.4. The van der Waals surface area contributed by atoms with Crippen molar-refractivity contribution in [3.05, 3.63) is 53.3 Å². The number of amides is 1. The Morgan fingerprint density at radius 2 is 1.86 bits per heavy atom. The molecule has 1 aliphatic carbocycles. The maximum absolute atomic E-state index is 13.1. The number of carbonyl (C=O) groups excluding carboxylic acids is 1. The van der Waals surface area contributed by atoms with E-state index in [1.165, 1.54) is 18.4 Å². The number of halogens is 1. The molecule has 0 bridgehead atoms. The molecule has 6 heteroatoms. The van der Waals surface area contributed by atoms with E-state index in [0.717, 1.165) is 56.1 Å². The fraction of sp³-hybridized carbons (Fsp3) is 0.545. The molecule has 2 aromatic rings. The molecule has 152 valence electrons. The van der Waals surface area contributed by atoms with Gasteiger partial charge in [-0.2, -0.15) is 5.10 Å². The maximum atomic E-state index is 13.1. The summed E-state index contributed by atoms with van der Waals surface area (Å²) >= 11 is 0. The van der Waals surface area contributed by atoms with Crippen molar-refractivity contribution < 1.29 is 4.79 Å². The normalized spacial score (nSPS) is 17.4.